The lowest BCUT2D eigenvalue weighted by atomic mass is 9.99. The van der Waals surface area contributed by atoms with Gasteiger partial charge in [-0.1, -0.05) is 15.9 Å². The molecular formula is C14H18BrNO2. The molecule has 0 aromatic heterocycles. The van der Waals surface area contributed by atoms with E-state index in [4.69, 9.17) is 4.74 Å². The Kier molecular flexibility index (Phi) is 4.78. The average Bonchev–Trinajstić information content (AvgIpc) is 2.40. The van der Waals surface area contributed by atoms with Gasteiger partial charge in [-0.05, 0) is 43.0 Å². The van der Waals surface area contributed by atoms with Gasteiger partial charge in [0.15, 0.2) is 0 Å². The molecule has 2 rings (SSSR count). The lowest BCUT2D eigenvalue weighted by Crippen LogP contribution is -2.34. The van der Waals surface area contributed by atoms with Crippen molar-refractivity contribution in [1.82, 2.24) is 4.90 Å². The summed E-state index contributed by atoms with van der Waals surface area (Å²) in [4.78, 5) is 14.0. The molecule has 0 unspecified atom stereocenters. The molecule has 98 valence electrons. The van der Waals surface area contributed by atoms with Crippen LogP contribution >= 0.6 is 15.9 Å². The van der Waals surface area contributed by atoms with Crippen molar-refractivity contribution in [2.45, 2.75) is 12.8 Å². The third-order valence-corrected chi connectivity index (χ3v) is 3.84. The molecule has 18 heavy (non-hydrogen) atoms. The third-order valence-electron chi connectivity index (χ3n) is 3.31. The van der Waals surface area contributed by atoms with E-state index in [1.165, 1.54) is 0 Å². The zero-order valence-corrected chi connectivity index (χ0v) is 12.1. The molecule has 0 saturated carbocycles. The van der Waals surface area contributed by atoms with Crippen LogP contribution < -0.4 is 0 Å². The molecular weight excluding hydrogens is 294 g/mol. The number of amides is 1. The van der Waals surface area contributed by atoms with E-state index in [0.717, 1.165) is 42.6 Å². The van der Waals surface area contributed by atoms with Gasteiger partial charge in [0.25, 0.3) is 5.91 Å². The Morgan fingerprint density at radius 3 is 2.56 bits per heavy atom. The summed E-state index contributed by atoms with van der Waals surface area (Å²) in [5, 5.41) is 0. The molecule has 1 fully saturated rings. The van der Waals surface area contributed by atoms with Crippen molar-refractivity contribution in [3.05, 3.63) is 34.3 Å². The third kappa shape index (κ3) is 3.56. The fraction of sp³-hybridized carbons (Fsp3) is 0.500. The smallest absolute Gasteiger partial charge is 0.253 e. The van der Waals surface area contributed by atoms with Gasteiger partial charge in [0, 0.05) is 36.8 Å². The number of carbonyl (C=O) groups excluding carboxylic acids is 1. The number of hydrogen-bond donors (Lipinski definition) is 0. The zero-order chi connectivity index (χ0) is 13.0. The zero-order valence-electron chi connectivity index (χ0n) is 10.6. The van der Waals surface area contributed by atoms with Crippen LogP contribution in [0.1, 0.15) is 23.2 Å². The largest absolute Gasteiger partial charge is 0.381 e. The van der Waals surface area contributed by atoms with Crippen LogP contribution in [0.5, 0.6) is 0 Å². The minimum atomic E-state index is 0.0917. The SMILES string of the molecule is CN(CC1CCOCC1)C(=O)c1ccc(Br)cc1. The average molecular weight is 312 g/mol. The van der Waals surface area contributed by atoms with Crippen LogP contribution in [0.15, 0.2) is 28.7 Å². The summed E-state index contributed by atoms with van der Waals surface area (Å²) in [6.45, 7) is 2.47. The van der Waals surface area contributed by atoms with Crippen LogP contribution in [0.4, 0.5) is 0 Å². The normalized spacial score (nSPS) is 16.6. The standard InChI is InChI=1S/C14H18BrNO2/c1-16(10-11-6-8-18-9-7-11)14(17)12-2-4-13(15)5-3-12/h2-5,11H,6-10H2,1H3. The fourth-order valence-corrected chi connectivity index (χ4v) is 2.48. The molecule has 0 atom stereocenters. The van der Waals surface area contributed by atoms with E-state index in [9.17, 15) is 4.79 Å². The fourth-order valence-electron chi connectivity index (χ4n) is 2.21. The second kappa shape index (κ2) is 6.34. The van der Waals surface area contributed by atoms with E-state index in [0.29, 0.717) is 5.92 Å². The molecule has 1 saturated heterocycles. The maximum Gasteiger partial charge on any atom is 0.253 e. The lowest BCUT2D eigenvalue weighted by molar-refractivity contribution is 0.0497. The molecule has 1 aliphatic heterocycles. The Morgan fingerprint density at radius 1 is 1.33 bits per heavy atom. The van der Waals surface area contributed by atoms with E-state index in [1.807, 2.05) is 36.2 Å². The molecule has 4 heteroatoms. The highest BCUT2D eigenvalue weighted by Crippen LogP contribution is 2.17. The minimum Gasteiger partial charge on any atom is -0.381 e. The number of nitrogens with zero attached hydrogens (tertiary/aromatic N) is 1. The number of benzene rings is 1. The van der Waals surface area contributed by atoms with Crippen LogP contribution in [0.3, 0.4) is 0 Å². The molecule has 1 heterocycles. The highest BCUT2D eigenvalue weighted by Gasteiger charge is 2.19. The molecule has 1 amide bonds. The first-order valence-corrected chi connectivity index (χ1v) is 7.05. The molecule has 1 aliphatic rings. The molecule has 3 nitrogen and oxygen atoms in total. The van der Waals surface area contributed by atoms with E-state index < -0.39 is 0 Å². The quantitative estimate of drug-likeness (QED) is 0.859. The molecule has 1 aromatic rings. The van der Waals surface area contributed by atoms with Gasteiger partial charge in [0.05, 0.1) is 0 Å². The molecule has 0 N–H and O–H groups in total. The highest BCUT2D eigenvalue weighted by atomic mass is 79.9. The first-order chi connectivity index (χ1) is 8.66. The first kappa shape index (κ1) is 13.6. The summed E-state index contributed by atoms with van der Waals surface area (Å²) < 4.78 is 6.32. The minimum absolute atomic E-state index is 0.0917. The topological polar surface area (TPSA) is 29.5 Å². The monoisotopic (exact) mass is 311 g/mol. The van der Waals surface area contributed by atoms with Gasteiger partial charge in [0.1, 0.15) is 0 Å². The van der Waals surface area contributed by atoms with Crippen molar-refractivity contribution in [2.24, 2.45) is 5.92 Å². The van der Waals surface area contributed by atoms with Crippen LogP contribution in [0.25, 0.3) is 0 Å². The predicted molar refractivity (Wildman–Crippen MR) is 74.6 cm³/mol. The van der Waals surface area contributed by atoms with Crippen molar-refractivity contribution in [3.63, 3.8) is 0 Å². The summed E-state index contributed by atoms with van der Waals surface area (Å²) in [5.74, 6) is 0.664. The molecule has 0 bridgehead atoms. The maximum atomic E-state index is 12.2. The Hall–Kier alpha value is -0.870. The van der Waals surface area contributed by atoms with E-state index in [2.05, 4.69) is 15.9 Å². The summed E-state index contributed by atoms with van der Waals surface area (Å²) in [6, 6.07) is 7.50. The number of hydrogen-bond acceptors (Lipinski definition) is 2. The van der Waals surface area contributed by atoms with Gasteiger partial charge < -0.3 is 9.64 Å². The first-order valence-electron chi connectivity index (χ1n) is 6.25. The lowest BCUT2D eigenvalue weighted by Gasteiger charge is -2.27. The maximum absolute atomic E-state index is 12.2. The van der Waals surface area contributed by atoms with E-state index >= 15 is 0 Å². The summed E-state index contributed by atoms with van der Waals surface area (Å²) >= 11 is 3.37. The van der Waals surface area contributed by atoms with Crippen molar-refractivity contribution < 1.29 is 9.53 Å². The molecule has 0 spiro atoms. The number of rotatable bonds is 3. The van der Waals surface area contributed by atoms with Gasteiger partial charge in [0.2, 0.25) is 0 Å². The summed E-state index contributed by atoms with van der Waals surface area (Å²) in [5.41, 5.74) is 0.743. The highest BCUT2D eigenvalue weighted by molar-refractivity contribution is 9.10. The number of carbonyl (C=O) groups is 1. The summed E-state index contributed by atoms with van der Waals surface area (Å²) in [6.07, 6.45) is 2.11. The Labute approximate surface area is 116 Å². The van der Waals surface area contributed by atoms with Crippen molar-refractivity contribution in [2.75, 3.05) is 26.8 Å². The molecule has 1 aromatic carbocycles. The number of halogens is 1. The van der Waals surface area contributed by atoms with Crippen molar-refractivity contribution in [1.29, 1.82) is 0 Å². The van der Waals surface area contributed by atoms with E-state index in [-0.39, 0.29) is 5.91 Å². The van der Waals surface area contributed by atoms with Gasteiger partial charge >= 0.3 is 0 Å². The summed E-state index contributed by atoms with van der Waals surface area (Å²) in [7, 11) is 1.87. The van der Waals surface area contributed by atoms with Crippen LogP contribution in [-0.4, -0.2) is 37.6 Å². The molecule has 0 aliphatic carbocycles. The Bertz CT molecular complexity index is 399. The van der Waals surface area contributed by atoms with Crippen LogP contribution in [0.2, 0.25) is 0 Å². The van der Waals surface area contributed by atoms with Crippen molar-refractivity contribution >= 4 is 21.8 Å². The second-order valence-corrected chi connectivity index (χ2v) is 5.66. The van der Waals surface area contributed by atoms with Gasteiger partial charge in [-0.3, -0.25) is 4.79 Å². The van der Waals surface area contributed by atoms with E-state index in [1.54, 1.807) is 0 Å². The second-order valence-electron chi connectivity index (χ2n) is 4.75. The van der Waals surface area contributed by atoms with Gasteiger partial charge in [-0.2, -0.15) is 0 Å². The van der Waals surface area contributed by atoms with Crippen LogP contribution in [0, 0.1) is 5.92 Å². The predicted octanol–water partition coefficient (Wildman–Crippen LogP) is 2.95. The van der Waals surface area contributed by atoms with Gasteiger partial charge in [-0.25, -0.2) is 0 Å². The Morgan fingerprint density at radius 2 is 1.94 bits per heavy atom. The number of ether oxygens (including phenoxy) is 1. The molecule has 0 radical (unpaired) electrons. The van der Waals surface area contributed by atoms with Crippen molar-refractivity contribution in [3.8, 4) is 0 Å². The van der Waals surface area contributed by atoms with Crippen LogP contribution in [-0.2, 0) is 4.74 Å². The Balaban J connectivity index is 1.93. The van der Waals surface area contributed by atoms with Gasteiger partial charge in [-0.15, -0.1) is 0 Å².